The Bertz CT molecular complexity index is 458. The summed E-state index contributed by atoms with van der Waals surface area (Å²) in [6.07, 6.45) is 2.03. The van der Waals surface area contributed by atoms with E-state index in [4.69, 9.17) is 0 Å². The molecule has 1 N–H and O–H groups in total. The smallest absolute Gasteiger partial charge is 0.271 e. The van der Waals surface area contributed by atoms with E-state index in [-0.39, 0.29) is 16.1 Å². The summed E-state index contributed by atoms with van der Waals surface area (Å²) < 4.78 is 0.367. The van der Waals surface area contributed by atoms with Gasteiger partial charge in [0, 0.05) is 17.8 Å². The minimum absolute atomic E-state index is 0.0398. The average Bonchev–Trinajstić information content (AvgIpc) is 2.62. The number of nitro benzene ring substituents is 1. The third kappa shape index (κ3) is 1.90. The molecule has 1 aromatic carbocycles. The summed E-state index contributed by atoms with van der Waals surface area (Å²) in [5.74, 6) is 0. The number of alkyl halides is 1. The Labute approximate surface area is 114 Å². The molecule has 0 fully saturated rings. The van der Waals surface area contributed by atoms with E-state index in [0.29, 0.717) is 3.92 Å². The molecule has 0 saturated carbocycles. The van der Waals surface area contributed by atoms with Gasteiger partial charge in [0.15, 0.2) is 0 Å². The van der Waals surface area contributed by atoms with Gasteiger partial charge in [0.25, 0.3) is 5.69 Å². The first-order valence-corrected chi connectivity index (χ1v) is 6.99. The summed E-state index contributed by atoms with van der Waals surface area (Å²) in [6.45, 7) is 4.31. The monoisotopic (exact) mass is 346 g/mol. The van der Waals surface area contributed by atoms with Crippen LogP contribution in [0.3, 0.4) is 0 Å². The summed E-state index contributed by atoms with van der Waals surface area (Å²) >= 11 is 2.44. The molecule has 0 radical (unpaired) electrons. The van der Waals surface area contributed by atoms with Crippen molar-refractivity contribution in [3.8, 4) is 0 Å². The maximum absolute atomic E-state index is 10.8. The first-order chi connectivity index (χ1) is 8.04. The Morgan fingerprint density at radius 3 is 2.65 bits per heavy atom. The number of benzene rings is 1. The maximum Gasteiger partial charge on any atom is 0.271 e. The lowest BCUT2D eigenvalue weighted by Crippen LogP contribution is -2.35. The first kappa shape index (κ1) is 12.6. The first-order valence-electron chi connectivity index (χ1n) is 5.74. The Kier molecular flexibility index (Phi) is 3.29. The summed E-state index contributed by atoms with van der Waals surface area (Å²) in [5.41, 5.74) is 2.29. The Morgan fingerprint density at radius 2 is 2.12 bits per heavy atom. The van der Waals surface area contributed by atoms with Crippen LogP contribution in [0.4, 0.5) is 11.4 Å². The molecule has 1 aromatic rings. The van der Waals surface area contributed by atoms with E-state index in [1.807, 2.05) is 6.07 Å². The zero-order chi connectivity index (χ0) is 12.6. The predicted molar refractivity (Wildman–Crippen MR) is 76.8 cm³/mol. The van der Waals surface area contributed by atoms with Crippen LogP contribution in [0.25, 0.3) is 0 Å². The Hall–Kier alpha value is -0.850. The van der Waals surface area contributed by atoms with Crippen molar-refractivity contribution >= 4 is 34.0 Å². The quantitative estimate of drug-likeness (QED) is 0.389. The van der Waals surface area contributed by atoms with Crippen molar-refractivity contribution in [3.63, 3.8) is 0 Å². The number of anilines is 1. The molecule has 0 amide bonds. The molecule has 0 saturated heterocycles. The topological polar surface area (TPSA) is 55.2 Å². The zero-order valence-corrected chi connectivity index (χ0v) is 12.0. The van der Waals surface area contributed by atoms with E-state index in [1.54, 1.807) is 12.1 Å². The molecule has 0 spiro atoms. The fraction of sp³-hybridized carbons (Fsp3) is 0.500. The molecule has 92 valence electrons. The summed E-state index contributed by atoms with van der Waals surface area (Å²) in [4.78, 5) is 10.4. The van der Waals surface area contributed by atoms with Crippen molar-refractivity contribution in [2.45, 2.75) is 36.2 Å². The van der Waals surface area contributed by atoms with Crippen molar-refractivity contribution in [2.75, 3.05) is 5.32 Å². The van der Waals surface area contributed by atoms with Crippen LogP contribution in [0, 0.1) is 10.1 Å². The second-order valence-electron chi connectivity index (χ2n) is 4.38. The third-order valence-corrected chi connectivity index (χ3v) is 5.51. The van der Waals surface area contributed by atoms with Gasteiger partial charge in [0.05, 0.1) is 14.4 Å². The number of hydrogen-bond acceptors (Lipinski definition) is 3. The molecule has 2 rings (SSSR count). The van der Waals surface area contributed by atoms with Crippen LogP contribution in [-0.4, -0.2) is 10.5 Å². The number of rotatable bonds is 3. The van der Waals surface area contributed by atoms with Crippen LogP contribution in [0.15, 0.2) is 18.2 Å². The average molecular weight is 346 g/mol. The normalized spacial score (nSPS) is 20.8. The van der Waals surface area contributed by atoms with Crippen LogP contribution in [0.1, 0.15) is 36.2 Å². The number of hydrogen-bond donors (Lipinski definition) is 1. The van der Waals surface area contributed by atoms with Crippen molar-refractivity contribution in [1.82, 2.24) is 0 Å². The minimum Gasteiger partial charge on any atom is -0.378 e. The number of nitro groups is 1. The predicted octanol–water partition coefficient (Wildman–Crippen LogP) is 4.06. The summed E-state index contributed by atoms with van der Waals surface area (Å²) in [7, 11) is 0. The number of nitrogens with zero attached hydrogens (tertiary/aromatic N) is 1. The van der Waals surface area contributed by atoms with Gasteiger partial charge in [-0.3, -0.25) is 10.1 Å². The van der Waals surface area contributed by atoms with Crippen molar-refractivity contribution in [2.24, 2.45) is 0 Å². The highest BCUT2D eigenvalue weighted by atomic mass is 127. The van der Waals surface area contributed by atoms with E-state index >= 15 is 0 Å². The molecule has 4 nitrogen and oxygen atoms in total. The van der Waals surface area contributed by atoms with Gasteiger partial charge in [-0.25, -0.2) is 0 Å². The van der Waals surface area contributed by atoms with Crippen LogP contribution in [0.2, 0.25) is 0 Å². The molecule has 0 aliphatic carbocycles. The fourth-order valence-electron chi connectivity index (χ4n) is 2.40. The minimum atomic E-state index is -0.345. The summed E-state index contributed by atoms with van der Waals surface area (Å²) in [5, 5.41) is 14.2. The van der Waals surface area contributed by atoms with Crippen molar-refractivity contribution < 1.29 is 4.92 Å². The molecule has 0 bridgehead atoms. The summed E-state index contributed by atoms with van der Waals surface area (Å²) in [6, 6.07) is 5.12. The van der Waals surface area contributed by atoms with Gasteiger partial charge in [-0.2, -0.15) is 0 Å². The number of non-ortho nitro benzene ring substituents is 1. The molecular weight excluding hydrogens is 331 g/mol. The van der Waals surface area contributed by atoms with Crippen LogP contribution >= 0.6 is 22.6 Å². The fourth-order valence-corrected chi connectivity index (χ4v) is 3.98. The Balaban J connectivity index is 2.44. The van der Waals surface area contributed by atoms with E-state index < -0.39 is 0 Å². The highest BCUT2D eigenvalue weighted by Gasteiger charge is 2.42. The molecule has 1 aliphatic rings. The van der Waals surface area contributed by atoms with Gasteiger partial charge in [0.1, 0.15) is 0 Å². The van der Waals surface area contributed by atoms with Crippen LogP contribution in [-0.2, 0) is 0 Å². The van der Waals surface area contributed by atoms with E-state index in [9.17, 15) is 10.1 Å². The van der Waals surface area contributed by atoms with Gasteiger partial charge >= 0.3 is 0 Å². The zero-order valence-electron chi connectivity index (χ0n) is 9.87. The highest BCUT2D eigenvalue weighted by Crippen LogP contribution is 2.50. The molecule has 1 atom stereocenters. The SMILES string of the molecule is CCC1(CC)Nc2cc([N+](=O)[O-])ccc2C1I. The van der Waals surface area contributed by atoms with Gasteiger partial charge in [-0.1, -0.05) is 36.4 Å². The van der Waals surface area contributed by atoms with E-state index in [0.717, 1.165) is 18.5 Å². The van der Waals surface area contributed by atoms with Gasteiger partial charge in [-0.15, -0.1) is 0 Å². The molecule has 0 aromatic heterocycles. The van der Waals surface area contributed by atoms with Crippen molar-refractivity contribution in [3.05, 3.63) is 33.9 Å². The molecule has 1 heterocycles. The largest absolute Gasteiger partial charge is 0.378 e. The number of halogens is 1. The number of fused-ring (bicyclic) bond motifs is 1. The van der Waals surface area contributed by atoms with Crippen LogP contribution in [0.5, 0.6) is 0 Å². The van der Waals surface area contributed by atoms with E-state index in [1.165, 1.54) is 5.56 Å². The molecule has 17 heavy (non-hydrogen) atoms. The third-order valence-electron chi connectivity index (χ3n) is 3.65. The lowest BCUT2D eigenvalue weighted by molar-refractivity contribution is -0.384. The second-order valence-corrected chi connectivity index (χ2v) is 5.63. The van der Waals surface area contributed by atoms with Crippen LogP contribution < -0.4 is 5.32 Å². The van der Waals surface area contributed by atoms with Gasteiger partial charge in [0.2, 0.25) is 0 Å². The highest BCUT2D eigenvalue weighted by molar-refractivity contribution is 14.1. The van der Waals surface area contributed by atoms with Crippen molar-refractivity contribution in [1.29, 1.82) is 0 Å². The number of nitrogens with one attached hydrogen (secondary N) is 1. The maximum atomic E-state index is 10.8. The molecule has 1 unspecified atom stereocenters. The molecular formula is C12H15IN2O2. The lowest BCUT2D eigenvalue weighted by atomic mass is 9.89. The Morgan fingerprint density at radius 1 is 1.47 bits per heavy atom. The standard InChI is InChI=1S/C12H15IN2O2/c1-3-12(4-2)11(13)9-6-5-8(15(16)17)7-10(9)14-12/h5-7,11,14H,3-4H2,1-2H3. The second kappa shape index (κ2) is 4.44. The lowest BCUT2D eigenvalue weighted by Gasteiger charge is -2.31. The molecule has 5 heteroatoms. The van der Waals surface area contributed by atoms with Gasteiger partial charge < -0.3 is 5.32 Å². The van der Waals surface area contributed by atoms with Gasteiger partial charge in [-0.05, 0) is 24.5 Å². The molecule has 1 aliphatic heterocycles. The van der Waals surface area contributed by atoms with E-state index in [2.05, 4.69) is 41.8 Å².